The molecule has 1 heterocycles. The number of hydrogen-bond acceptors (Lipinski definition) is 3. The van der Waals surface area contributed by atoms with Gasteiger partial charge in [-0.15, -0.1) is 0 Å². The normalized spacial score (nSPS) is 16.9. The highest BCUT2D eigenvalue weighted by Gasteiger charge is 2.30. The van der Waals surface area contributed by atoms with Gasteiger partial charge in [-0.1, -0.05) is 46.9 Å². The molecule has 1 aliphatic rings. The molecule has 2 aromatic carbocycles. The predicted molar refractivity (Wildman–Crippen MR) is 102 cm³/mol. The molecule has 0 atom stereocenters. The Morgan fingerprint density at radius 1 is 0.840 bits per heavy atom. The minimum Gasteiger partial charge on any atom is -0.296 e. The lowest BCUT2D eigenvalue weighted by Crippen LogP contribution is -2.48. The summed E-state index contributed by atoms with van der Waals surface area (Å²) in [5.74, 6) is 0. The van der Waals surface area contributed by atoms with Crippen molar-refractivity contribution in [2.45, 2.75) is 11.4 Å². The molecule has 4 nitrogen and oxygen atoms in total. The minimum atomic E-state index is -3.64. The van der Waals surface area contributed by atoms with Crippen LogP contribution in [-0.4, -0.2) is 43.8 Å². The second-order valence-corrected chi connectivity index (χ2v) is 9.07. The van der Waals surface area contributed by atoms with Crippen molar-refractivity contribution in [1.29, 1.82) is 0 Å². The number of sulfonamides is 1. The predicted octanol–water partition coefficient (Wildman–Crippen LogP) is 4.15. The quantitative estimate of drug-likeness (QED) is 0.747. The molecule has 0 unspecified atom stereocenters. The van der Waals surface area contributed by atoms with Crippen LogP contribution in [0.15, 0.2) is 47.4 Å². The zero-order valence-electron chi connectivity index (χ0n) is 13.3. The Kier molecular flexibility index (Phi) is 5.93. The number of halogens is 3. The zero-order valence-corrected chi connectivity index (χ0v) is 16.4. The van der Waals surface area contributed by atoms with Crippen molar-refractivity contribution >= 4 is 44.8 Å². The fraction of sp³-hybridized carbons (Fsp3) is 0.294. The van der Waals surface area contributed by atoms with Crippen LogP contribution in [0.25, 0.3) is 0 Å². The van der Waals surface area contributed by atoms with E-state index in [2.05, 4.69) is 4.90 Å². The van der Waals surface area contributed by atoms with Gasteiger partial charge in [0, 0.05) is 42.8 Å². The summed E-state index contributed by atoms with van der Waals surface area (Å²) in [4.78, 5) is 2.28. The van der Waals surface area contributed by atoms with E-state index in [4.69, 9.17) is 34.8 Å². The van der Waals surface area contributed by atoms with Crippen molar-refractivity contribution in [2.24, 2.45) is 0 Å². The molecule has 0 bridgehead atoms. The Bertz CT molecular complexity index is 849. The minimum absolute atomic E-state index is 0.0628. The van der Waals surface area contributed by atoms with Gasteiger partial charge < -0.3 is 0 Å². The Morgan fingerprint density at radius 3 is 2.08 bits per heavy atom. The number of nitrogens with zero attached hydrogens (tertiary/aromatic N) is 2. The number of hydrogen-bond donors (Lipinski definition) is 0. The summed E-state index contributed by atoms with van der Waals surface area (Å²) in [6.45, 7) is 2.90. The Labute approximate surface area is 162 Å². The van der Waals surface area contributed by atoms with E-state index in [-0.39, 0.29) is 9.92 Å². The molecule has 1 aliphatic heterocycles. The van der Waals surface area contributed by atoms with E-state index >= 15 is 0 Å². The lowest BCUT2D eigenvalue weighted by Gasteiger charge is -2.34. The summed E-state index contributed by atoms with van der Waals surface area (Å²) < 4.78 is 27.1. The molecule has 1 saturated heterocycles. The van der Waals surface area contributed by atoms with Crippen molar-refractivity contribution in [3.63, 3.8) is 0 Å². The highest BCUT2D eigenvalue weighted by atomic mass is 35.5. The first-order chi connectivity index (χ1) is 11.9. The highest BCUT2D eigenvalue weighted by molar-refractivity contribution is 7.89. The average Bonchev–Trinajstić information content (AvgIpc) is 2.59. The molecule has 3 rings (SSSR count). The van der Waals surface area contributed by atoms with Crippen molar-refractivity contribution in [1.82, 2.24) is 9.21 Å². The molecular weight excluding hydrogens is 403 g/mol. The SMILES string of the molecule is O=S(=O)(c1cc(Cl)ccc1Cl)N1CCN(Cc2ccc(Cl)cc2)CC1. The molecule has 0 spiro atoms. The van der Waals surface area contributed by atoms with E-state index < -0.39 is 10.0 Å². The molecule has 0 radical (unpaired) electrons. The maximum absolute atomic E-state index is 12.8. The van der Waals surface area contributed by atoms with Gasteiger partial charge in [0.05, 0.1) is 5.02 Å². The Hall–Kier alpha value is -0.820. The second kappa shape index (κ2) is 7.82. The first-order valence-corrected chi connectivity index (χ1v) is 10.4. The van der Waals surface area contributed by atoms with Gasteiger partial charge in [0.25, 0.3) is 0 Å². The summed E-state index contributed by atoms with van der Waals surface area (Å²) in [6, 6.07) is 12.2. The van der Waals surface area contributed by atoms with Gasteiger partial charge in [-0.25, -0.2) is 8.42 Å². The first-order valence-electron chi connectivity index (χ1n) is 7.78. The smallest absolute Gasteiger partial charge is 0.244 e. The van der Waals surface area contributed by atoms with Gasteiger partial charge >= 0.3 is 0 Å². The van der Waals surface area contributed by atoms with E-state index in [1.54, 1.807) is 6.07 Å². The van der Waals surface area contributed by atoms with Crippen LogP contribution >= 0.6 is 34.8 Å². The molecule has 1 fully saturated rings. The van der Waals surface area contributed by atoms with Crippen molar-refractivity contribution in [3.8, 4) is 0 Å². The van der Waals surface area contributed by atoms with Gasteiger partial charge in [-0.05, 0) is 35.9 Å². The monoisotopic (exact) mass is 418 g/mol. The molecule has 0 N–H and O–H groups in total. The van der Waals surface area contributed by atoms with Crippen LogP contribution in [-0.2, 0) is 16.6 Å². The lowest BCUT2D eigenvalue weighted by atomic mass is 10.2. The van der Waals surface area contributed by atoms with Crippen LogP contribution in [0.4, 0.5) is 0 Å². The van der Waals surface area contributed by atoms with E-state index in [9.17, 15) is 8.42 Å². The third-order valence-corrected chi connectivity index (χ3v) is 7.03. The van der Waals surface area contributed by atoms with Crippen molar-refractivity contribution in [2.75, 3.05) is 26.2 Å². The van der Waals surface area contributed by atoms with Crippen molar-refractivity contribution < 1.29 is 8.42 Å². The van der Waals surface area contributed by atoms with Crippen LogP contribution in [0.3, 0.4) is 0 Å². The molecule has 0 saturated carbocycles. The third kappa shape index (κ3) is 4.48. The van der Waals surface area contributed by atoms with Crippen LogP contribution in [0.1, 0.15) is 5.56 Å². The number of piperazine rings is 1. The maximum atomic E-state index is 12.8. The lowest BCUT2D eigenvalue weighted by molar-refractivity contribution is 0.181. The molecule has 0 amide bonds. The van der Waals surface area contributed by atoms with Crippen LogP contribution in [0.2, 0.25) is 15.1 Å². The zero-order chi connectivity index (χ0) is 18.0. The fourth-order valence-electron chi connectivity index (χ4n) is 2.79. The molecule has 0 aliphatic carbocycles. The largest absolute Gasteiger partial charge is 0.296 e. The molecule has 134 valence electrons. The van der Waals surface area contributed by atoms with Crippen molar-refractivity contribution in [3.05, 3.63) is 63.1 Å². The van der Waals surface area contributed by atoms with Gasteiger partial charge in [0.2, 0.25) is 10.0 Å². The second-order valence-electron chi connectivity index (χ2n) is 5.88. The van der Waals surface area contributed by atoms with Crippen LogP contribution < -0.4 is 0 Å². The standard InChI is InChI=1S/C17H17Cl3N2O2S/c18-14-3-1-13(2-4-14)12-21-7-9-22(10-8-21)25(23,24)17-11-15(19)5-6-16(17)20/h1-6,11H,7-10,12H2. The van der Waals surface area contributed by atoms with E-state index in [0.717, 1.165) is 12.1 Å². The molecule has 0 aromatic heterocycles. The molecule has 2 aromatic rings. The average molecular weight is 420 g/mol. The maximum Gasteiger partial charge on any atom is 0.244 e. The molecule has 25 heavy (non-hydrogen) atoms. The Balaban J connectivity index is 1.67. The van der Waals surface area contributed by atoms with Gasteiger partial charge in [0.15, 0.2) is 0 Å². The summed E-state index contributed by atoms with van der Waals surface area (Å²) in [7, 11) is -3.64. The summed E-state index contributed by atoms with van der Waals surface area (Å²) in [5.41, 5.74) is 1.15. The highest BCUT2D eigenvalue weighted by Crippen LogP contribution is 2.28. The van der Waals surface area contributed by atoms with Gasteiger partial charge in [0.1, 0.15) is 4.90 Å². The number of rotatable bonds is 4. The fourth-order valence-corrected chi connectivity index (χ4v) is 5.08. The summed E-state index contributed by atoms with van der Waals surface area (Å²) >= 11 is 17.9. The first kappa shape index (κ1) is 19.0. The van der Waals surface area contributed by atoms with Gasteiger partial charge in [-0.2, -0.15) is 4.31 Å². The van der Waals surface area contributed by atoms with Crippen LogP contribution in [0.5, 0.6) is 0 Å². The summed E-state index contributed by atoms with van der Waals surface area (Å²) in [6.07, 6.45) is 0. The molecular formula is C17H17Cl3N2O2S. The molecule has 8 heteroatoms. The topological polar surface area (TPSA) is 40.6 Å². The van der Waals surface area contributed by atoms with Crippen LogP contribution in [0, 0.1) is 0 Å². The summed E-state index contributed by atoms with van der Waals surface area (Å²) in [5, 5.41) is 1.25. The van der Waals surface area contributed by atoms with E-state index in [0.29, 0.717) is 36.2 Å². The van der Waals surface area contributed by atoms with Gasteiger partial charge in [-0.3, -0.25) is 4.90 Å². The number of benzene rings is 2. The third-order valence-electron chi connectivity index (χ3n) is 4.16. The van der Waals surface area contributed by atoms with E-state index in [1.807, 2.05) is 24.3 Å². The Morgan fingerprint density at radius 2 is 1.44 bits per heavy atom. The van der Waals surface area contributed by atoms with E-state index in [1.165, 1.54) is 16.4 Å².